The lowest BCUT2D eigenvalue weighted by molar-refractivity contribution is 0.0979. The van der Waals surface area contributed by atoms with Crippen molar-refractivity contribution in [1.29, 1.82) is 0 Å². The number of nitrogens with one attached hydrogen (secondary N) is 1. The molecule has 0 unspecified atom stereocenters. The topological polar surface area (TPSA) is 79.6 Å². The van der Waals surface area contributed by atoms with Gasteiger partial charge in [0.15, 0.2) is 0 Å². The molecule has 0 atom stereocenters. The first kappa shape index (κ1) is 15.0. The largest absolute Gasteiger partial charge is 0.452 e. The summed E-state index contributed by atoms with van der Waals surface area (Å²) in [6, 6.07) is 1.30. The first-order valence-electron chi connectivity index (χ1n) is 5.40. The van der Waals surface area contributed by atoms with Crippen molar-refractivity contribution in [3.63, 3.8) is 0 Å². The maximum atomic E-state index is 11.8. The molecule has 1 rings (SSSR count). The first-order valence-corrected chi connectivity index (χ1v) is 7.21. The van der Waals surface area contributed by atoms with Crippen LogP contribution in [0.1, 0.15) is 30.1 Å². The summed E-state index contributed by atoms with van der Waals surface area (Å²) in [5.74, 6) is -0.808. The second-order valence-corrected chi connectivity index (χ2v) is 5.84. The predicted octanol–water partition coefficient (Wildman–Crippen LogP) is 1.64. The van der Waals surface area contributed by atoms with E-state index in [0.717, 1.165) is 17.1 Å². The molecular weight excluding hydrogens is 280 g/mol. The lowest BCUT2D eigenvalue weighted by Gasteiger charge is -2.16. The SMILES string of the molecule is CCCCN(C)S(=O)(=O)NC(=O)c1ccoc1Cl. The Morgan fingerprint density at radius 3 is 2.72 bits per heavy atom. The minimum atomic E-state index is -3.84. The van der Waals surface area contributed by atoms with E-state index in [2.05, 4.69) is 0 Å². The Labute approximate surface area is 111 Å². The quantitative estimate of drug-likeness (QED) is 0.865. The van der Waals surface area contributed by atoms with Gasteiger partial charge < -0.3 is 4.42 Å². The van der Waals surface area contributed by atoms with Crippen molar-refractivity contribution in [1.82, 2.24) is 9.03 Å². The Morgan fingerprint density at radius 1 is 1.56 bits per heavy atom. The van der Waals surface area contributed by atoms with Gasteiger partial charge in [-0.2, -0.15) is 12.7 Å². The van der Waals surface area contributed by atoms with Crippen LogP contribution in [0.2, 0.25) is 5.22 Å². The third kappa shape index (κ3) is 3.72. The Bertz CT molecular complexity index is 512. The molecule has 0 aliphatic rings. The molecule has 1 aromatic rings. The van der Waals surface area contributed by atoms with Crippen LogP contribution in [0, 0.1) is 0 Å². The number of amides is 1. The molecular formula is C10H15ClN2O4S. The minimum Gasteiger partial charge on any atom is -0.452 e. The normalized spacial score (nSPS) is 11.8. The Balaban J connectivity index is 2.72. The summed E-state index contributed by atoms with van der Waals surface area (Å²) >= 11 is 5.59. The summed E-state index contributed by atoms with van der Waals surface area (Å²) in [5.41, 5.74) is -0.0101. The molecule has 0 aliphatic heterocycles. The lowest BCUT2D eigenvalue weighted by atomic mass is 10.3. The summed E-state index contributed by atoms with van der Waals surface area (Å²) < 4.78 is 31.3. The maximum absolute atomic E-state index is 11.8. The molecule has 0 radical (unpaired) electrons. The highest BCUT2D eigenvalue weighted by molar-refractivity contribution is 7.87. The molecule has 0 aliphatic carbocycles. The second kappa shape index (κ2) is 6.21. The van der Waals surface area contributed by atoms with E-state index in [4.69, 9.17) is 16.0 Å². The van der Waals surface area contributed by atoms with Crippen LogP contribution in [0.5, 0.6) is 0 Å². The van der Waals surface area contributed by atoms with E-state index in [1.54, 1.807) is 0 Å². The van der Waals surface area contributed by atoms with E-state index in [1.807, 2.05) is 11.6 Å². The number of carbonyl (C=O) groups excluding carboxylic acids is 1. The fourth-order valence-electron chi connectivity index (χ4n) is 1.21. The van der Waals surface area contributed by atoms with Crippen LogP contribution in [0.4, 0.5) is 0 Å². The average Bonchev–Trinajstić information content (AvgIpc) is 2.71. The maximum Gasteiger partial charge on any atom is 0.303 e. The zero-order valence-corrected chi connectivity index (χ0v) is 11.7. The lowest BCUT2D eigenvalue weighted by Crippen LogP contribution is -2.41. The second-order valence-electron chi connectivity index (χ2n) is 3.72. The summed E-state index contributed by atoms with van der Waals surface area (Å²) in [6.45, 7) is 2.29. The molecule has 0 saturated carbocycles. The highest BCUT2D eigenvalue weighted by Gasteiger charge is 2.23. The zero-order valence-electron chi connectivity index (χ0n) is 10.1. The molecule has 1 amide bonds. The molecule has 0 fully saturated rings. The van der Waals surface area contributed by atoms with Crippen molar-refractivity contribution in [3.8, 4) is 0 Å². The number of furan rings is 1. The van der Waals surface area contributed by atoms with Crippen LogP contribution in [0.25, 0.3) is 0 Å². The smallest absolute Gasteiger partial charge is 0.303 e. The van der Waals surface area contributed by atoms with Gasteiger partial charge in [-0.15, -0.1) is 0 Å². The van der Waals surface area contributed by atoms with E-state index >= 15 is 0 Å². The van der Waals surface area contributed by atoms with Crippen LogP contribution >= 0.6 is 11.6 Å². The minimum absolute atomic E-state index is 0.0101. The van der Waals surface area contributed by atoms with Crippen molar-refractivity contribution in [2.24, 2.45) is 0 Å². The number of hydrogen-bond donors (Lipinski definition) is 1. The highest BCUT2D eigenvalue weighted by Crippen LogP contribution is 2.16. The van der Waals surface area contributed by atoms with Crippen molar-refractivity contribution in [2.45, 2.75) is 19.8 Å². The average molecular weight is 295 g/mol. The van der Waals surface area contributed by atoms with E-state index < -0.39 is 16.1 Å². The molecule has 1 N–H and O–H groups in total. The molecule has 6 nitrogen and oxygen atoms in total. The van der Waals surface area contributed by atoms with E-state index in [9.17, 15) is 13.2 Å². The van der Waals surface area contributed by atoms with E-state index in [-0.39, 0.29) is 10.8 Å². The van der Waals surface area contributed by atoms with Gasteiger partial charge in [0.05, 0.1) is 11.8 Å². The standard InChI is InChI=1S/C10H15ClN2O4S/c1-3-4-6-13(2)18(15,16)12-10(14)8-5-7-17-9(8)11/h5,7H,3-4,6H2,1-2H3,(H,12,14). The van der Waals surface area contributed by atoms with Gasteiger partial charge in [-0.1, -0.05) is 13.3 Å². The number of rotatable bonds is 6. The third-order valence-corrected chi connectivity index (χ3v) is 4.06. The molecule has 1 aromatic heterocycles. The molecule has 1 heterocycles. The van der Waals surface area contributed by atoms with Gasteiger partial charge in [0.2, 0.25) is 5.22 Å². The number of nitrogens with zero attached hydrogens (tertiary/aromatic N) is 1. The third-order valence-electron chi connectivity index (χ3n) is 2.32. The van der Waals surface area contributed by atoms with Gasteiger partial charge in [-0.3, -0.25) is 4.79 Å². The molecule has 0 bridgehead atoms. The number of hydrogen-bond acceptors (Lipinski definition) is 4. The predicted molar refractivity (Wildman–Crippen MR) is 67.6 cm³/mol. The molecule has 0 aromatic carbocycles. The molecule has 102 valence electrons. The zero-order chi connectivity index (χ0) is 13.8. The van der Waals surface area contributed by atoms with Gasteiger partial charge in [0.25, 0.3) is 5.91 Å². The highest BCUT2D eigenvalue weighted by atomic mass is 35.5. The Kier molecular flexibility index (Phi) is 5.18. The summed E-state index contributed by atoms with van der Waals surface area (Å²) in [4.78, 5) is 11.7. The summed E-state index contributed by atoms with van der Waals surface area (Å²) in [5, 5.41) is -0.140. The number of unbranched alkanes of at least 4 members (excludes halogenated alkanes) is 1. The van der Waals surface area contributed by atoms with Crippen molar-refractivity contribution >= 4 is 27.7 Å². The van der Waals surface area contributed by atoms with E-state index in [1.165, 1.54) is 19.4 Å². The van der Waals surface area contributed by atoms with Crippen molar-refractivity contribution in [3.05, 3.63) is 23.1 Å². The van der Waals surface area contributed by atoms with Crippen LogP contribution < -0.4 is 4.72 Å². The monoisotopic (exact) mass is 294 g/mol. The summed E-state index contributed by atoms with van der Waals surface area (Å²) in [7, 11) is -2.44. The first-order chi connectivity index (χ1) is 8.38. The molecule has 0 spiro atoms. The van der Waals surface area contributed by atoms with E-state index in [0.29, 0.717) is 6.54 Å². The van der Waals surface area contributed by atoms with Crippen LogP contribution in [-0.4, -0.2) is 32.2 Å². The van der Waals surface area contributed by atoms with Gasteiger partial charge >= 0.3 is 10.2 Å². The van der Waals surface area contributed by atoms with Crippen LogP contribution in [0.3, 0.4) is 0 Å². The Hall–Kier alpha value is -1.05. The van der Waals surface area contributed by atoms with Gasteiger partial charge in [-0.05, 0) is 24.1 Å². The number of carbonyl (C=O) groups is 1. The van der Waals surface area contributed by atoms with Crippen LogP contribution in [0.15, 0.2) is 16.7 Å². The van der Waals surface area contributed by atoms with Crippen molar-refractivity contribution < 1.29 is 17.6 Å². The fourth-order valence-corrected chi connectivity index (χ4v) is 2.28. The van der Waals surface area contributed by atoms with Crippen molar-refractivity contribution in [2.75, 3.05) is 13.6 Å². The van der Waals surface area contributed by atoms with Gasteiger partial charge in [0, 0.05) is 13.6 Å². The van der Waals surface area contributed by atoms with Gasteiger partial charge in [0.1, 0.15) is 0 Å². The van der Waals surface area contributed by atoms with Crippen LogP contribution in [-0.2, 0) is 10.2 Å². The number of halogens is 1. The molecule has 8 heteroatoms. The van der Waals surface area contributed by atoms with Gasteiger partial charge in [-0.25, -0.2) is 4.72 Å². The summed E-state index contributed by atoms with van der Waals surface area (Å²) in [6.07, 6.45) is 2.80. The Morgan fingerprint density at radius 2 is 2.22 bits per heavy atom. The fraction of sp³-hybridized carbons (Fsp3) is 0.500. The molecule has 0 saturated heterocycles. The molecule has 18 heavy (non-hydrogen) atoms.